The van der Waals surface area contributed by atoms with Crippen LogP contribution in [0.3, 0.4) is 0 Å². The van der Waals surface area contributed by atoms with Gasteiger partial charge in [0.2, 0.25) is 5.91 Å². The van der Waals surface area contributed by atoms with Crippen LogP contribution in [-0.2, 0) is 11.2 Å². The first-order valence-corrected chi connectivity index (χ1v) is 6.80. The largest absolute Gasteiger partial charge is 0.355 e. The van der Waals surface area contributed by atoms with Gasteiger partial charge >= 0.3 is 0 Å². The highest BCUT2D eigenvalue weighted by Crippen LogP contribution is 2.10. The number of nitrogens with one attached hydrogen (secondary N) is 2. The Kier molecular flexibility index (Phi) is 6.55. The van der Waals surface area contributed by atoms with Gasteiger partial charge in [-0.15, -0.1) is 12.4 Å². The molecule has 3 nitrogen and oxygen atoms in total. The van der Waals surface area contributed by atoms with Crippen molar-refractivity contribution in [3.63, 3.8) is 0 Å². The van der Waals surface area contributed by atoms with Crippen LogP contribution >= 0.6 is 23.7 Å². The van der Waals surface area contributed by atoms with Gasteiger partial charge in [0.15, 0.2) is 0 Å². The lowest BCUT2D eigenvalue weighted by molar-refractivity contribution is -0.125. The molecule has 1 aromatic heterocycles. The molecule has 1 amide bonds. The fourth-order valence-electron chi connectivity index (χ4n) is 1.98. The zero-order valence-electron chi connectivity index (χ0n) is 9.78. The third-order valence-corrected chi connectivity index (χ3v) is 3.69. The fourth-order valence-corrected chi connectivity index (χ4v) is 2.69. The third-order valence-electron chi connectivity index (χ3n) is 2.96. The molecule has 2 N–H and O–H groups in total. The lowest BCUT2D eigenvalue weighted by atomic mass is 9.99. The standard InChI is InChI=1S/C12H18N2OS.ClH/c15-12(11-2-1-5-13-8-11)14-6-3-10-4-7-16-9-10;/h4,7,9,11,13H,1-3,5-6,8H2,(H,14,15);1H/t11-;/m1./s1. The van der Waals surface area contributed by atoms with E-state index in [0.29, 0.717) is 0 Å². The number of piperidine rings is 1. The average Bonchev–Trinajstić information content (AvgIpc) is 2.83. The molecule has 0 radical (unpaired) electrons. The Hall–Kier alpha value is -0.580. The molecular weight excluding hydrogens is 256 g/mol. The highest BCUT2D eigenvalue weighted by Gasteiger charge is 2.19. The van der Waals surface area contributed by atoms with E-state index in [1.165, 1.54) is 5.56 Å². The number of carbonyl (C=O) groups excluding carboxylic acids is 1. The van der Waals surface area contributed by atoms with Gasteiger partial charge in [-0.05, 0) is 48.2 Å². The molecule has 1 saturated heterocycles. The molecule has 0 spiro atoms. The summed E-state index contributed by atoms with van der Waals surface area (Å²) in [5.74, 6) is 0.388. The molecule has 2 rings (SSSR count). The van der Waals surface area contributed by atoms with Crippen molar-refractivity contribution in [3.05, 3.63) is 22.4 Å². The first-order valence-electron chi connectivity index (χ1n) is 5.86. The van der Waals surface area contributed by atoms with Crippen molar-refractivity contribution in [2.24, 2.45) is 5.92 Å². The number of rotatable bonds is 4. The van der Waals surface area contributed by atoms with Gasteiger partial charge in [-0.1, -0.05) is 0 Å². The van der Waals surface area contributed by atoms with E-state index in [4.69, 9.17) is 0 Å². The predicted octanol–water partition coefficient (Wildman–Crippen LogP) is 1.83. The zero-order chi connectivity index (χ0) is 11.2. The van der Waals surface area contributed by atoms with E-state index in [9.17, 15) is 4.79 Å². The van der Waals surface area contributed by atoms with E-state index in [-0.39, 0.29) is 24.2 Å². The summed E-state index contributed by atoms with van der Waals surface area (Å²) >= 11 is 1.70. The molecule has 1 atom stereocenters. The minimum absolute atomic E-state index is 0. The van der Waals surface area contributed by atoms with E-state index < -0.39 is 0 Å². The summed E-state index contributed by atoms with van der Waals surface area (Å²) in [6.07, 6.45) is 3.08. The predicted molar refractivity (Wildman–Crippen MR) is 73.9 cm³/mol. The molecule has 1 aromatic rings. The Balaban J connectivity index is 0.00000144. The number of thiophene rings is 1. The molecule has 0 bridgehead atoms. The number of hydrogen-bond acceptors (Lipinski definition) is 3. The maximum atomic E-state index is 11.8. The van der Waals surface area contributed by atoms with Gasteiger partial charge in [-0.25, -0.2) is 0 Å². The zero-order valence-corrected chi connectivity index (χ0v) is 11.4. The van der Waals surface area contributed by atoms with Crippen LogP contribution in [0.15, 0.2) is 16.8 Å². The summed E-state index contributed by atoms with van der Waals surface area (Å²) in [5.41, 5.74) is 1.31. The fraction of sp³-hybridized carbons (Fsp3) is 0.583. The van der Waals surface area contributed by atoms with Crippen LogP contribution in [0.2, 0.25) is 0 Å². The summed E-state index contributed by atoms with van der Waals surface area (Å²) in [6.45, 7) is 2.65. The number of hydrogen-bond donors (Lipinski definition) is 2. The van der Waals surface area contributed by atoms with Crippen molar-refractivity contribution in [3.8, 4) is 0 Å². The van der Waals surface area contributed by atoms with Gasteiger partial charge in [-0.2, -0.15) is 11.3 Å². The number of amides is 1. The first kappa shape index (κ1) is 14.5. The summed E-state index contributed by atoms with van der Waals surface area (Å²) < 4.78 is 0. The highest BCUT2D eigenvalue weighted by molar-refractivity contribution is 7.07. The second-order valence-corrected chi connectivity index (χ2v) is 5.00. The first-order chi connectivity index (χ1) is 7.86. The van der Waals surface area contributed by atoms with Gasteiger partial charge in [0.1, 0.15) is 0 Å². The van der Waals surface area contributed by atoms with Crippen LogP contribution < -0.4 is 10.6 Å². The second-order valence-electron chi connectivity index (χ2n) is 4.22. The van der Waals surface area contributed by atoms with Crippen molar-refractivity contribution >= 4 is 29.7 Å². The Morgan fingerprint density at radius 3 is 3.12 bits per heavy atom. The Morgan fingerprint density at radius 2 is 2.47 bits per heavy atom. The summed E-state index contributed by atoms with van der Waals surface area (Å²) in [6, 6.07) is 2.11. The lowest BCUT2D eigenvalue weighted by Crippen LogP contribution is -2.41. The summed E-state index contributed by atoms with van der Waals surface area (Å²) in [7, 11) is 0. The van der Waals surface area contributed by atoms with Crippen LogP contribution in [0.5, 0.6) is 0 Å². The van der Waals surface area contributed by atoms with Crippen LogP contribution in [0.4, 0.5) is 0 Å². The summed E-state index contributed by atoms with van der Waals surface area (Å²) in [5, 5.41) is 10.5. The van der Waals surface area contributed by atoms with Gasteiger partial charge in [0.05, 0.1) is 5.92 Å². The van der Waals surface area contributed by atoms with Crippen LogP contribution in [0.25, 0.3) is 0 Å². The van der Waals surface area contributed by atoms with Crippen molar-refractivity contribution in [2.75, 3.05) is 19.6 Å². The minimum Gasteiger partial charge on any atom is -0.355 e. The van der Waals surface area contributed by atoms with Crippen LogP contribution in [0, 0.1) is 5.92 Å². The molecule has 5 heteroatoms. The second kappa shape index (κ2) is 7.69. The van der Waals surface area contributed by atoms with Crippen LogP contribution in [-0.4, -0.2) is 25.5 Å². The molecule has 96 valence electrons. The maximum absolute atomic E-state index is 11.8. The van der Waals surface area contributed by atoms with Crippen molar-refractivity contribution in [1.29, 1.82) is 0 Å². The monoisotopic (exact) mass is 274 g/mol. The van der Waals surface area contributed by atoms with E-state index >= 15 is 0 Å². The maximum Gasteiger partial charge on any atom is 0.224 e. The van der Waals surface area contributed by atoms with Crippen molar-refractivity contribution < 1.29 is 4.79 Å². The SMILES string of the molecule is Cl.O=C(NCCc1ccsc1)[C@@H]1CCCNC1. The van der Waals surface area contributed by atoms with Gasteiger partial charge in [0, 0.05) is 13.1 Å². The number of carbonyl (C=O) groups is 1. The van der Waals surface area contributed by atoms with Crippen LogP contribution in [0.1, 0.15) is 18.4 Å². The highest BCUT2D eigenvalue weighted by atomic mass is 35.5. The smallest absolute Gasteiger partial charge is 0.224 e. The van der Waals surface area contributed by atoms with E-state index in [0.717, 1.165) is 38.9 Å². The van der Waals surface area contributed by atoms with Gasteiger partial charge < -0.3 is 10.6 Å². The van der Waals surface area contributed by atoms with Gasteiger partial charge in [0.25, 0.3) is 0 Å². The van der Waals surface area contributed by atoms with E-state index in [1.807, 2.05) is 0 Å². The lowest BCUT2D eigenvalue weighted by Gasteiger charge is -2.21. The molecule has 1 aliphatic rings. The van der Waals surface area contributed by atoms with E-state index in [1.54, 1.807) is 11.3 Å². The molecule has 0 aromatic carbocycles. The average molecular weight is 275 g/mol. The molecule has 1 aliphatic heterocycles. The normalized spacial score (nSPS) is 19.4. The quantitative estimate of drug-likeness (QED) is 0.880. The van der Waals surface area contributed by atoms with Crippen molar-refractivity contribution in [1.82, 2.24) is 10.6 Å². The Labute approximate surface area is 112 Å². The Morgan fingerprint density at radius 1 is 1.59 bits per heavy atom. The molecule has 2 heterocycles. The van der Waals surface area contributed by atoms with Gasteiger partial charge in [-0.3, -0.25) is 4.79 Å². The number of halogens is 1. The molecule has 1 fully saturated rings. The summed E-state index contributed by atoms with van der Waals surface area (Å²) in [4.78, 5) is 11.8. The minimum atomic E-state index is 0. The molecule has 17 heavy (non-hydrogen) atoms. The topological polar surface area (TPSA) is 41.1 Å². The van der Waals surface area contributed by atoms with Crippen molar-refractivity contribution in [2.45, 2.75) is 19.3 Å². The molecule has 0 saturated carbocycles. The molecular formula is C12H19ClN2OS. The third kappa shape index (κ3) is 4.66. The van der Waals surface area contributed by atoms with E-state index in [2.05, 4.69) is 27.5 Å². The Bertz CT molecular complexity index is 323. The molecule has 0 aliphatic carbocycles. The molecule has 0 unspecified atom stereocenters.